The number of carbonyl (C=O) groups is 1. The van der Waals surface area contributed by atoms with E-state index in [1.54, 1.807) is 12.1 Å². The first-order valence-corrected chi connectivity index (χ1v) is 4.15. The molecule has 0 atom stereocenters. The van der Waals surface area contributed by atoms with E-state index in [0.717, 1.165) is 5.56 Å². The van der Waals surface area contributed by atoms with Crippen LogP contribution in [0.2, 0.25) is 0 Å². The van der Waals surface area contributed by atoms with Gasteiger partial charge in [0.15, 0.2) is 0 Å². The molecule has 3 heteroatoms. The van der Waals surface area contributed by atoms with Gasteiger partial charge in [-0.25, -0.2) is 4.39 Å². The van der Waals surface area contributed by atoms with Gasteiger partial charge in [-0.15, -0.1) is 0 Å². The molecule has 0 radical (unpaired) electrons. The van der Waals surface area contributed by atoms with Gasteiger partial charge in [0, 0.05) is 12.1 Å². The number of hydrogen-bond acceptors (Lipinski definition) is 1. The highest BCUT2D eigenvalue weighted by molar-refractivity contribution is 5.94. The van der Waals surface area contributed by atoms with E-state index in [1.807, 2.05) is 19.1 Å². The zero-order chi connectivity index (χ0) is 9.68. The van der Waals surface area contributed by atoms with Crippen LogP contribution in [0.4, 0.5) is 4.39 Å². The smallest absolute Gasteiger partial charge is 0.251 e. The average Bonchev–Trinajstić information content (AvgIpc) is 2.15. The highest BCUT2D eigenvalue weighted by Gasteiger charge is 2.02. The van der Waals surface area contributed by atoms with E-state index in [4.69, 9.17) is 0 Å². The Morgan fingerprint density at radius 3 is 2.54 bits per heavy atom. The lowest BCUT2D eigenvalue weighted by Crippen LogP contribution is -2.25. The van der Waals surface area contributed by atoms with Crippen LogP contribution in [0.1, 0.15) is 15.9 Å². The number of amides is 1. The number of aryl methyl sites for hydroxylation is 1. The van der Waals surface area contributed by atoms with Crippen LogP contribution in [0.15, 0.2) is 24.3 Å². The summed E-state index contributed by atoms with van der Waals surface area (Å²) in [6.07, 6.45) is 0. The molecule has 13 heavy (non-hydrogen) atoms. The third-order valence-corrected chi connectivity index (χ3v) is 1.69. The Labute approximate surface area is 76.8 Å². The van der Waals surface area contributed by atoms with Crippen molar-refractivity contribution in [3.8, 4) is 0 Å². The molecule has 1 rings (SSSR count). The zero-order valence-electron chi connectivity index (χ0n) is 7.51. The van der Waals surface area contributed by atoms with E-state index in [0.29, 0.717) is 5.56 Å². The fourth-order valence-corrected chi connectivity index (χ4v) is 0.968. The summed E-state index contributed by atoms with van der Waals surface area (Å²) < 4.78 is 11.7. The summed E-state index contributed by atoms with van der Waals surface area (Å²) in [6.45, 7) is 1.49. The molecule has 0 aliphatic heterocycles. The van der Waals surface area contributed by atoms with Crippen LogP contribution in [-0.2, 0) is 0 Å². The van der Waals surface area contributed by atoms with Crippen LogP contribution in [0.5, 0.6) is 0 Å². The molecular weight excluding hydrogens is 169 g/mol. The van der Waals surface area contributed by atoms with Crippen LogP contribution in [-0.4, -0.2) is 19.1 Å². The Morgan fingerprint density at radius 2 is 2.00 bits per heavy atom. The van der Waals surface area contributed by atoms with Gasteiger partial charge in [-0.05, 0) is 19.1 Å². The first-order valence-electron chi connectivity index (χ1n) is 4.15. The van der Waals surface area contributed by atoms with Gasteiger partial charge < -0.3 is 5.32 Å². The van der Waals surface area contributed by atoms with Crippen LogP contribution < -0.4 is 5.32 Å². The Kier molecular flexibility index (Phi) is 3.43. The van der Waals surface area contributed by atoms with Crippen molar-refractivity contribution in [2.45, 2.75) is 6.92 Å². The topological polar surface area (TPSA) is 29.1 Å². The Hall–Kier alpha value is -1.38. The molecule has 2 nitrogen and oxygen atoms in total. The lowest BCUT2D eigenvalue weighted by molar-refractivity contribution is 0.0951. The number of benzene rings is 1. The minimum atomic E-state index is -0.530. The maximum absolute atomic E-state index is 11.7. The summed E-state index contributed by atoms with van der Waals surface area (Å²) in [5, 5.41) is 2.45. The summed E-state index contributed by atoms with van der Waals surface area (Å²) in [5.74, 6) is -0.224. The Morgan fingerprint density at radius 1 is 1.38 bits per heavy atom. The van der Waals surface area contributed by atoms with E-state index in [1.165, 1.54) is 0 Å². The highest BCUT2D eigenvalue weighted by atomic mass is 19.1. The molecule has 0 heterocycles. The van der Waals surface area contributed by atoms with Gasteiger partial charge in [0.05, 0.1) is 0 Å². The van der Waals surface area contributed by atoms with E-state index in [9.17, 15) is 9.18 Å². The molecule has 1 amide bonds. The number of halogens is 1. The molecule has 0 aromatic heterocycles. The third kappa shape index (κ3) is 2.86. The summed E-state index contributed by atoms with van der Waals surface area (Å²) in [4.78, 5) is 11.2. The third-order valence-electron chi connectivity index (χ3n) is 1.69. The monoisotopic (exact) mass is 181 g/mol. The van der Waals surface area contributed by atoms with Crippen LogP contribution in [0.3, 0.4) is 0 Å². The van der Waals surface area contributed by atoms with Gasteiger partial charge in [-0.1, -0.05) is 17.7 Å². The quantitative estimate of drug-likeness (QED) is 0.755. The van der Waals surface area contributed by atoms with Crippen LogP contribution >= 0.6 is 0 Å². The second-order valence-electron chi connectivity index (χ2n) is 2.81. The lowest BCUT2D eigenvalue weighted by Gasteiger charge is -2.02. The molecule has 1 N–H and O–H groups in total. The number of rotatable bonds is 3. The minimum Gasteiger partial charge on any atom is -0.349 e. The van der Waals surface area contributed by atoms with E-state index < -0.39 is 6.67 Å². The number of hydrogen-bond donors (Lipinski definition) is 1. The van der Waals surface area contributed by atoms with Gasteiger partial charge in [-0.3, -0.25) is 4.79 Å². The summed E-state index contributed by atoms with van der Waals surface area (Å²) in [5.41, 5.74) is 1.67. The molecule has 0 fully saturated rings. The van der Waals surface area contributed by atoms with E-state index in [2.05, 4.69) is 5.32 Å². The maximum atomic E-state index is 11.7. The largest absolute Gasteiger partial charge is 0.349 e. The maximum Gasteiger partial charge on any atom is 0.251 e. The molecule has 0 bridgehead atoms. The normalized spacial score (nSPS) is 9.69. The minimum absolute atomic E-state index is 0.0761. The molecular formula is C10H12FNO. The SMILES string of the molecule is Cc1ccc(C(=O)NCCF)cc1. The first-order chi connectivity index (χ1) is 6.24. The summed E-state index contributed by atoms with van der Waals surface area (Å²) >= 11 is 0. The van der Waals surface area contributed by atoms with Gasteiger partial charge in [-0.2, -0.15) is 0 Å². The van der Waals surface area contributed by atoms with Gasteiger partial charge in [0.25, 0.3) is 5.91 Å². The van der Waals surface area contributed by atoms with Crippen molar-refractivity contribution in [1.29, 1.82) is 0 Å². The van der Waals surface area contributed by atoms with Gasteiger partial charge >= 0.3 is 0 Å². The van der Waals surface area contributed by atoms with Crippen molar-refractivity contribution >= 4 is 5.91 Å². The molecule has 0 spiro atoms. The number of alkyl halides is 1. The lowest BCUT2D eigenvalue weighted by atomic mass is 10.1. The fraction of sp³-hybridized carbons (Fsp3) is 0.300. The van der Waals surface area contributed by atoms with Crippen molar-refractivity contribution < 1.29 is 9.18 Å². The van der Waals surface area contributed by atoms with Crippen molar-refractivity contribution in [3.05, 3.63) is 35.4 Å². The van der Waals surface area contributed by atoms with E-state index >= 15 is 0 Å². The first kappa shape index (κ1) is 9.71. The number of carbonyl (C=O) groups excluding carboxylic acids is 1. The zero-order valence-corrected chi connectivity index (χ0v) is 7.51. The molecule has 0 aliphatic carbocycles. The second-order valence-corrected chi connectivity index (χ2v) is 2.81. The molecule has 0 aliphatic rings. The molecule has 0 saturated carbocycles. The molecule has 0 unspecified atom stereocenters. The van der Waals surface area contributed by atoms with E-state index in [-0.39, 0.29) is 12.5 Å². The average molecular weight is 181 g/mol. The summed E-state index contributed by atoms with van der Waals surface area (Å²) in [6, 6.07) is 7.15. The predicted octanol–water partition coefficient (Wildman–Crippen LogP) is 1.69. The molecule has 1 aromatic carbocycles. The van der Waals surface area contributed by atoms with Gasteiger partial charge in [0.2, 0.25) is 0 Å². The molecule has 70 valence electrons. The van der Waals surface area contributed by atoms with Crippen molar-refractivity contribution in [2.75, 3.05) is 13.2 Å². The summed E-state index contributed by atoms with van der Waals surface area (Å²) in [7, 11) is 0. The second kappa shape index (κ2) is 4.60. The number of nitrogens with one attached hydrogen (secondary N) is 1. The van der Waals surface area contributed by atoms with Gasteiger partial charge in [0.1, 0.15) is 6.67 Å². The Balaban J connectivity index is 2.61. The predicted molar refractivity (Wildman–Crippen MR) is 49.5 cm³/mol. The van der Waals surface area contributed by atoms with Crippen LogP contribution in [0.25, 0.3) is 0 Å². The van der Waals surface area contributed by atoms with Crippen LogP contribution in [0, 0.1) is 6.92 Å². The highest BCUT2D eigenvalue weighted by Crippen LogP contribution is 2.02. The molecule has 1 aromatic rings. The fourth-order valence-electron chi connectivity index (χ4n) is 0.968. The van der Waals surface area contributed by atoms with Crippen molar-refractivity contribution in [1.82, 2.24) is 5.32 Å². The molecule has 0 saturated heterocycles. The van der Waals surface area contributed by atoms with Crippen molar-refractivity contribution in [2.24, 2.45) is 0 Å². The standard InChI is InChI=1S/C10H12FNO/c1-8-2-4-9(5-3-8)10(13)12-7-6-11/h2-5H,6-7H2,1H3,(H,12,13). The Bertz CT molecular complexity index is 281. The van der Waals surface area contributed by atoms with Crippen molar-refractivity contribution in [3.63, 3.8) is 0 Å².